The van der Waals surface area contributed by atoms with E-state index in [1.165, 1.54) is 69.0 Å². The van der Waals surface area contributed by atoms with E-state index in [0.717, 1.165) is 38.1 Å². The number of hydrazine groups is 1. The molecule has 0 radical (unpaired) electrons. The van der Waals surface area contributed by atoms with Gasteiger partial charge in [0.2, 0.25) is 12.2 Å². The van der Waals surface area contributed by atoms with Gasteiger partial charge < -0.3 is 43.3 Å². The van der Waals surface area contributed by atoms with Crippen molar-refractivity contribution in [2.45, 2.75) is 26.1 Å². The number of carboxylic acids is 1. The van der Waals surface area contributed by atoms with Crippen molar-refractivity contribution in [3.8, 4) is 23.0 Å². The largest absolute Gasteiger partial charge is 0.493 e. The number of ether oxygens (including phenoxy) is 6. The zero-order chi connectivity index (χ0) is 40.2. The third-order valence-corrected chi connectivity index (χ3v) is 7.00. The zero-order valence-corrected chi connectivity index (χ0v) is 29.2. The number of esters is 4. The summed E-state index contributed by atoms with van der Waals surface area (Å²) in [6.45, 7) is 2.25. The molecular formula is C36H31N3O16. The van der Waals surface area contributed by atoms with E-state index < -0.39 is 59.8 Å². The normalized spacial score (nSPS) is 11.4. The first-order valence-corrected chi connectivity index (χ1v) is 15.6. The highest BCUT2D eigenvalue weighted by Crippen LogP contribution is 2.30. The molecular weight excluding hydrogens is 730 g/mol. The second-order valence-corrected chi connectivity index (χ2v) is 10.9. The van der Waals surface area contributed by atoms with Crippen molar-refractivity contribution in [3.05, 3.63) is 102 Å². The molecule has 19 nitrogen and oxygen atoms in total. The summed E-state index contributed by atoms with van der Waals surface area (Å²) in [4.78, 5) is 100. The fraction of sp³-hybridized carbons (Fsp3) is 0.167. The van der Waals surface area contributed by atoms with Gasteiger partial charge in [-0.1, -0.05) is 0 Å². The van der Waals surface area contributed by atoms with Crippen molar-refractivity contribution in [2.75, 3.05) is 19.5 Å². The first-order chi connectivity index (χ1) is 26.2. The maximum absolute atomic E-state index is 13.5. The predicted molar refractivity (Wildman–Crippen MR) is 183 cm³/mol. The summed E-state index contributed by atoms with van der Waals surface area (Å²) in [5.74, 6) is -9.32. The van der Waals surface area contributed by atoms with Crippen LogP contribution in [0, 0.1) is 0 Å². The van der Waals surface area contributed by atoms with Crippen molar-refractivity contribution in [2.24, 2.45) is 0 Å². The van der Waals surface area contributed by atoms with E-state index in [9.17, 15) is 43.5 Å². The number of furan rings is 1. The van der Waals surface area contributed by atoms with Crippen LogP contribution in [-0.2, 0) is 28.7 Å². The summed E-state index contributed by atoms with van der Waals surface area (Å²) < 4.78 is 35.7. The lowest BCUT2D eigenvalue weighted by Gasteiger charge is -2.24. The molecule has 0 saturated heterocycles. The number of anilines is 1. The van der Waals surface area contributed by atoms with Crippen molar-refractivity contribution in [3.63, 3.8) is 0 Å². The Morgan fingerprint density at radius 1 is 0.618 bits per heavy atom. The molecule has 1 aromatic heterocycles. The van der Waals surface area contributed by atoms with Crippen LogP contribution in [0.15, 0.2) is 83.5 Å². The van der Waals surface area contributed by atoms with Gasteiger partial charge in [0, 0.05) is 25.1 Å². The van der Waals surface area contributed by atoms with Gasteiger partial charge in [-0.3, -0.25) is 34.8 Å². The third kappa shape index (κ3) is 10.7. The molecule has 0 bridgehead atoms. The monoisotopic (exact) mass is 761 g/mol. The van der Waals surface area contributed by atoms with E-state index in [1.807, 2.05) is 10.9 Å². The van der Waals surface area contributed by atoms with Gasteiger partial charge in [-0.2, -0.15) is 0 Å². The molecule has 0 fully saturated rings. The summed E-state index contributed by atoms with van der Waals surface area (Å²) in [5.41, 5.74) is 3.58. The number of nitrogens with one attached hydrogen (secondary N) is 3. The summed E-state index contributed by atoms with van der Waals surface area (Å²) in [7, 11) is 2.41. The molecule has 0 saturated carbocycles. The first kappa shape index (κ1) is 40.1. The SMILES string of the molecule is COc1cc(C(=O)O[C@H](C(=O)O)[C@H](OC(=O)c2ccc(OC(C)=O)c(OC)c2)C(=O)NNC(=O)c2ccc(NC(=O)c3ccco3)cc2)ccc1OC(C)=O. The standard InChI is InChI=1S/C36H31N3O16/c1-18(40)52-24-13-9-21(16-27(24)49-3)35(47)54-29(30(34(45)46)55-36(48)22-10-14-25(53-19(2)41)28(17-22)50-4)33(44)39-38-31(42)20-7-11-23(12-8-20)37-32(43)26-6-5-15-51-26/h5-17,29-30H,1-4H3,(H,37,43)(H,38,42)(H,39,44)(H,45,46)/t29-,30-/m0/s1. The van der Waals surface area contributed by atoms with E-state index in [1.54, 1.807) is 0 Å². The van der Waals surface area contributed by atoms with Gasteiger partial charge in [0.15, 0.2) is 28.8 Å². The predicted octanol–water partition coefficient (Wildman–Crippen LogP) is 2.70. The molecule has 0 aliphatic rings. The van der Waals surface area contributed by atoms with Crippen LogP contribution in [0.5, 0.6) is 23.0 Å². The van der Waals surface area contributed by atoms with Gasteiger partial charge in [0.05, 0.1) is 31.6 Å². The fourth-order valence-electron chi connectivity index (χ4n) is 4.50. The van der Waals surface area contributed by atoms with Crippen LogP contribution >= 0.6 is 0 Å². The van der Waals surface area contributed by atoms with Gasteiger partial charge in [-0.25, -0.2) is 14.4 Å². The average molecular weight is 762 g/mol. The number of amides is 3. The fourth-order valence-corrected chi connectivity index (χ4v) is 4.50. The third-order valence-electron chi connectivity index (χ3n) is 7.00. The molecule has 0 aliphatic carbocycles. The summed E-state index contributed by atoms with van der Waals surface area (Å²) in [6, 6.07) is 15.0. The van der Waals surface area contributed by atoms with Crippen molar-refractivity contribution >= 4 is 53.3 Å². The smallest absolute Gasteiger partial charge is 0.349 e. The van der Waals surface area contributed by atoms with E-state index in [2.05, 4.69) is 5.32 Å². The highest BCUT2D eigenvalue weighted by molar-refractivity contribution is 6.03. The number of methoxy groups -OCH3 is 2. The molecule has 0 aliphatic heterocycles. The van der Waals surface area contributed by atoms with Gasteiger partial charge in [0.25, 0.3) is 17.7 Å². The van der Waals surface area contributed by atoms with Gasteiger partial charge in [0.1, 0.15) is 0 Å². The molecule has 3 aromatic carbocycles. The Kier molecular flexibility index (Phi) is 13.2. The highest BCUT2D eigenvalue weighted by atomic mass is 16.6. The van der Waals surface area contributed by atoms with Crippen LogP contribution in [0.25, 0.3) is 0 Å². The topological polar surface area (TPSA) is 261 Å². The second-order valence-electron chi connectivity index (χ2n) is 10.9. The molecule has 1 heterocycles. The number of benzene rings is 3. The van der Waals surface area contributed by atoms with E-state index in [0.29, 0.717) is 0 Å². The maximum atomic E-state index is 13.5. The lowest BCUT2D eigenvalue weighted by molar-refractivity contribution is -0.159. The second kappa shape index (κ2) is 18.2. The summed E-state index contributed by atoms with van der Waals surface area (Å²) >= 11 is 0. The van der Waals surface area contributed by atoms with E-state index in [4.69, 9.17) is 32.8 Å². The lowest BCUT2D eigenvalue weighted by Crippen LogP contribution is -2.54. The maximum Gasteiger partial charge on any atom is 0.349 e. The van der Waals surface area contributed by atoms with Crippen LogP contribution in [-0.4, -0.2) is 79.1 Å². The molecule has 0 unspecified atom stereocenters. The number of hydrogen-bond acceptors (Lipinski definition) is 15. The molecule has 4 rings (SSSR count). The number of hydrogen-bond donors (Lipinski definition) is 4. The van der Waals surface area contributed by atoms with Crippen molar-refractivity contribution < 1.29 is 76.3 Å². The Hall–Kier alpha value is -7.70. The highest BCUT2D eigenvalue weighted by Gasteiger charge is 2.41. The molecule has 3 amide bonds. The quantitative estimate of drug-likeness (QED) is 0.0818. The van der Waals surface area contributed by atoms with Crippen LogP contribution < -0.4 is 35.1 Å². The first-order valence-electron chi connectivity index (χ1n) is 15.6. The van der Waals surface area contributed by atoms with E-state index >= 15 is 0 Å². The number of carbonyl (C=O) groups is 8. The molecule has 4 N–H and O–H groups in total. The van der Waals surface area contributed by atoms with Gasteiger partial charge in [-0.15, -0.1) is 0 Å². The summed E-state index contributed by atoms with van der Waals surface area (Å²) in [6.07, 6.45) is -3.68. The van der Waals surface area contributed by atoms with Crippen molar-refractivity contribution in [1.29, 1.82) is 0 Å². The number of carboxylic acid groups (broad SMARTS) is 1. The van der Waals surface area contributed by atoms with E-state index in [-0.39, 0.29) is 51.1 Å². The Morgan fingerprint density at radius 2 is 1.13 bits per heavy atom. The lowest BCUT2D eigenvalue weighted by atomic mass is 10.1. The van der Waals surface area contributed by atoms with Crippen molar-refractivity contribution in [1.82, 2.24) is 10.9 Å². The molecule has 19 heteroatoms. The summed E-state index contributed by atoms with van der Waals surface area (Å²) in [5, 5.41) is 12.7. The minimum atomic E-state index is -2.54. The van der Waals surface area contributed by atoms with Crippen LogP contribution in [0.4, 0.5) is 5.69 Å². The van der Waals surface area contributed by atoms with Gasteiger partial charge >= 0.3 is 29.8 Å². The molecule has 286 valence electrons. The molecule has 4 aromatic rings. The Morgan fingerprint density at radius 3 is 1.58 bits per heavy atom. The van der Waals surface area contributed by atoms with Crippen LogP contribution in [0.3, 0.4) is 0 Å². The Bertz CT molecular complexity index is 2110. The number of rotatable bonds is 14. The minimum absolute atomic E-state index is 0.0418. The zero-order valence-electron chi connectivity index (χ0n) is 29.2. The molecule has 2 atom stereocenters. The Labute approximate surface area is 310 Å². The van der Waals surface area contributed by atoms with Crippen LogP contribution in [0.1, 0.15) is 55.5 Å². The Balaban J connectivity index is 1.57. The molecule has 55 heavy (non-hydrogen) atoms. The average Bonchev–Trinajstić information content (AvgIpc) is 3.70. The van der Waals surface area contributed by atoms with Gasteiger partial charge in [-0.05, 0) is 72.8 Å². The number of carbonyl (C=O) groups excluding carboxylic acids is 7. The molecule has 0 spiro atoms. The number of aliphatic carboxylic acids is 1. The minimum Gasteiger partial charge on any atom is -0.493 e. The van der Waals surface area contributed by atoms with Crippen LogP contribution in [0.2, 0.25) is 0 Å².